The Hall–Kier alpha value is -3.11. The summed E-state index contributed by atoms with van der Waals surface area (Å²) in [5, 5.41) is 2.50. The summed E-state index contributed by atoms with van der Waals surface area (Å²) in [5.41, 5.74) is 3.42. The molecule has 1 aromatic heterocycles. The standard InChI is InChI=1S/C19H18F4N4O3/c1-9-25-14(7-29-9)16(28)26-10-2-3-13(21)11(4-10)19(8-20)12-5-18(22,23)6-15(12)30-17(24)27-19/h2-4,7,12,15H,5-6,8H2,1H3,(H2,24,27)(H,26,28)/t12-,15+,19+/m0/s1. The Kier molecular flexibility index (Phi) is 4.70. The predicted octanol–water partition coefficient (Wildman–Crippen LogP) is 3.30. The first-order chi connectivity index (χ1) is 14.1. The van der Waals surface area contributed by atoms with E-state index in [4.69, 9.17) is 14.9 Å². The number of halogens is 4. The van der Waals surface area contributed by atoms with Crippen molar-refractivity contribution >= 4 is 17.6 Å². The van der Waals surface area contributed by atoms with Crippen molar-refractivity contribution in [1.82, 2.24) is 4.98 Å². The molecule has 1 aliphatic carbocycles. The molecule has 2 aliphatic rings. The van der Waals surface area contributed by atoms with Crippen LogP contribution in [0.3, 0.4) is 0 Å². The first-order valence-electron chi connectivity index (χ1n) is 9.13. The number of anilines is 1. The summed E-state index contributed by atoms with van der Waals surface area (Å²) < 4.78 is 67.4. The molecule has 0 saturated heterocycles. The molecule has 0 spiro atoms. The van der Waals surface area contributed by atoms with E-state index in [9.17, 15) is 22.4 Å². The lowest BCUT2D eigenvalue weighted by atomic mass is 9.76. The van der Waals surface area contributed by atoms with Crippen molar-refractivity contribution in [2.24, 2.45) is 16.6 Å². The number of amides is 1. The number of oxazole rings is 1. The van der Waals surface area contributed by atoms with Crippen LogP contribution in [0.15, 0.2) is 33.9 Å². The number of ether oxygens (including phenoxy) is 1. The highest BCUT2D eigenvalue weighted by Crippen LogP contribution is 2.53. The largest absolute Gasteiger partial charge is 0.461 e. The van der Waals surface area contributed by atoms with Gasteiger partial charge in [-0.3, -0.25) is 4.79 Å². The van der Waals surface area contributed by atoms with Gasteiger partial charge in [0.05, 0.1) is 0 Å². The van der Waals surface area contributed by atoms with Crippen molar-refractivity contribution in [2.45, 2.75) is 37.3 Å². The number of hydrogen-bond donors (Lipinski definition) is 2. The van der Waals surface area contributed by atoms with Crippen molar-refractivity contribution in [2.75, 3.05) is 12.0 Å². The van der Waals surface area contributed by atoms with Crippen LogP contribution in [0, 0.1) is 18.7 Å². The number of hydrogen-bond acceptors (Lipinski definition) is 6. The molecular formula is C19H18F4N4O3. The number of alkyl halides is 3. The van der Waals surface area contributed by atoms with E-state index in [1.807, 2.05) is 0 Å². The summed E-state index contributed by atoms with van der Waals surface area (Å²) in [4.78, 5) is 20.1. The number of fused-ring (bicyclic) bond motifs is 1. The van der Waals surface area contributed by atoms with Crippen molar-refractivity contribution in [3.05, 3.63) is 47.4 Å². The molecule has 7 nitrogen and oxygen atoms in total. The van der Waals surface area contributed by atoms with E-state index in [-0.39, 0.29) is 22.8 Å². The van der Waals surface area contributed by atoms with Crippen LogP contribution in [0.2, 0.25) is 0 Å². The number of carbonyl (C=O) groups is 1. The van der Waals surface area contributed by atoms with Gasteiger partial charge in [0.1, 0.15) is 30.4 Å². The number of nitrogens with zero attached hydrogens (tertiary/aromatic N) is 2. The number of carbonyl (C=O) groups excluding carboxylic acids is 1. The number of nitrogens with one attached hydrogen (secondary N) is 1. The maximum atomic E-state index is 14.8. The lowest BCUT2D eigenvalue weighted by Crippen LogP contribution is -2.48. The van der Waals surface area contributed by atoms with Gasteiger partial charge in [0, 0.05) is 36.9 Å². The quantitative estimate of drug-likeness (QED) is 0.731. The molecule has 0 bridgehead atoms. The van der Waals surface area contributed by atoms with Gasteiger partial charge in [-0.05, 0) is 18.2 Å². The molecule has 1 saturated carbocycles. The fourth-order valence-electron chi connectivity index (χ4n) is 4.09. The van der Waals surface area contributed by atoms with E-state index < -0.39 is 60.7 Å². The Morgan fingerprint density at radius 2 is 2.13 bits per heavy atom. The summed E-state index contributed by atoms with van der Waals surface area (Å²) in [7, 11) is 0. The Morgan fingerprint density at radius 1 is 1.37 bits per heavy atom. The van der Waals surface area contributed by atoms with Crippen molar-refractivity contribution in [3.8, 4) is 0 Å². The molecule has 3 N–H and O–H groups in total. The minimum absolute atomic E-state index is 0.0117. The second-order valence-corrected chi connectivity index (χ2v) is 7.44. The number of benzene rings is 1. The van der Waals surface area contributed by atoms with Crippen LogP contribution in [-0.2, 0) is 10.3 Å². The number of aryl methyl sites for hydroxylation is 1. The van der Waals surface area contributed by atoms with Gasteiger partial charge in [-0.1, -0.05) is 0 Å². The topological polar surface area (TPSA) is 103 Å². The fraction of sp³-hybridized carbons (Fsp3) is 0.421. The third-order valence-electron chi connectivity index (χ3n) is 5.41. The van der Waals surface area contributed by atoms with Crippen LogP contribution < -0.4 is 11.1 Å². The first-order valence-corrected chi connectivity index (χ1v) is 9.13. The predicted molar refractivity (Wildman–Crippen MR) is 97.4 cm³/mol. The van der Waals surface area contributed by atoms with E-state index in [2.05, 4.69) is 15.3 Å². The van der Waals surface area contributed by atoms with Crippen LogP contribution in [0.5, 0.6) is 0 Å². The highest BCUT2D eigenvalue weighted by atomic mass is 19.3. The number of aliphatic imine (C=N–C) groups is 1. The molecule has 0 unspecified atom stereocenters. The molecule has 2 heterocycles. The second-order valence-electron chi connectivity index (χ2n) is 7.44. The van der Waals surface area contributed by atoms with E-state index in [1.165, 1.54) is 6.07 Å². The van der Waals surface area contributed by atoms with Gasteiger partial charge in [0.15, 0.2) is 11.6 Å². The minimum atomic E-state index is -3.12. The number of nitrogens with two attached hydrogens (primary N) is 1. The summed E-state index contributed by atoms with van der Waals surface area (Å²) in [5.74, 6) is -5.49. The zero-order valence-corrected chi connectivity index (χ0v) is 15.8. The van der Waals surface area contributed by atoms with Crippen LogP contribution in [0.25, 0.3) is 0 Å². The molecule has 160 valence electrons. The SMILES string of the molecule is Cc1nc(C(=O)Nc2ccc(F)c([C@@]3(CF)N=C(N)O[C@@H]4CC(F)(F)C[C@@H]43)c2)co1. The molecule has 2 aromatic rings. The average Bonchev–Trinajstić information content (AvgIpc) is 3.24. The van der Waals surface area contributed by atoms with E-state index in [0.717, 1.165) is 18.4 Å². The molecule has 3 atom stereocenters. The zero-order valence-electron chi connectivity index (χ0n) is 15.8. The Labute approximate surface area is 168 Å². The van der Waals surface area contributed by atoms with E-state index >= 15 is 0 Å². The van der Waals surface area contributed by atoms with Crippen LogP contribution in [-0.4, -0.2) is 35.6 Å². The lowest BCUT2D eigenvalue weighted by molar-refractivity contribution is -0.00299. The van der Waals surface area contributed by atoms with E-state index in [0.29, 0.717) is 0 Å². The number of aromatic nitrogens is 1. The monoisotopic (exact) mass is 426 g/mol. The molecular weight excluding hydrogens is 408 g/mol. The van der Waals surface area contributed by atoms with Gasteiger partial charge in [-0.2, -0.15) is 0 Å². The van der Waals surface area contributed by atoms with Gasteiger partial charge in [0.25, 0.3) is 17.9 Å². The van der Waals surface area contributed by atoms with Crippen LogP contribution in [0.4, 0.5) is 23.2 Å². The molecule has 1 aliphatic heterocycles. The highest BCUT2D eigenvalue weighted by molar-refractivity contribution is 6.02. The average molecular weight is 426 g/mol. The van der Waals surface area contributed by atoms with Crippen molar-refractivity contribution in [1.29, 1.82) is 0 Å². The normalized spacial score (nSPS) is 27.2. The Bertz CT molecular complexity index is 1020. The minimum Gasteiger partial charge on any atom is -0.461 e. The highest BCUT2D eigenvalue weighted by Gasteiger charge is 2.60. The molecule has 1 fully saturated rings. The van der Waals surface area contributed by atoms with Gasteiger partial charge >= 0.3 is 0 Å². The third kappa shape index (κ3) is 3.37. The van der Waals surface area contributed by atoms with Crippen LogP contribution in [0.1, 0.15) is 34.8 Å². The molecule has 1 aromatic carbocycles. The third-order valence-corrected chi connectivity index (χ3v) is 5.41. The smallest absolute Gasteiger partial charge is 0.283 e. The van der Waals surface area contributed by atoms with E-state index in [1.54, 1.807) is 6.92 Å². The number of amidine groups is 1. The summed E-state index contributed by atoms with van der Waals surface area (Å²) in [6.45, 7) is 0.282. The molecule has 1 amide bonds. The van der Waals surface area contributed by atoms with Gasteiger partial charge in [0.2, 0.25) is 0 Å². The molecule has 30 heavy (non-hydrogen) atoms. The van der Waals surface area contributed by atoms with Crippen molar-refractivity contribution in [3.63, 3.8) is 0 Å². The summed E-state index contributed by atoms with van der Waals surface area (Å²) in [6.07, 6.45) is -1.36. The van der Waals surface area contributed by atoms with Gasteiger partial charge in [-0.25, -0.2) is 27.5 Å². The maximum Gasteiger partial charge on any atom is 0.283 e. The Morgan fingerprint density at radius 3 is 2.80 bits per heavy atom. The van der Waals surface area contributed by atoms with Gasteiger partial charge in [-0.15, -0.1) is 0 Å². The summed E-state index contributed by atoms with van der Waals surface area (Å²) >= 11 is 0. The van der Waals surface area contributed by atoms with Crippen LogP contribution >= 0.6 is 0 Å². The number of rotatable bonds is 4. The summed E-state index contributed by atoms with van der Waals surface area (Å²) in [6, 6.07) is 2.93. The van der Waals surface area contributed by atoms with Crippen molar-refractivity contribution < 1.29 is 31.5 Å². The first kappa shape index (κ1) is 20.2. The fourth-order valence-corrected chi connectivity index (χ4v) is 4.09. The second kappa shape index (κ2) is 6.99. The maximum absolute atomic E-state index is 14.8. The molecule has 11 heteroatoms. The lowest BCUT2D eigenvalue weighted by Gasteiger charge is -2.40. The molecule has 4 rings (SSSR count). The molecule has 0 radical (unpaired) electrons. The zero-order chi connectivity index (χ0) is 21.7. The van der Waals surface area contributed by atoms with Gasteiger partial charge < -0.3 is 20.2 Å². The Balaban J connectivity index is 1.73.